The molecule has 0 radical (unpaired) electrons. The number of aromatic nitrogens is 3. The largest absolute Gasteiger partial charge is 0.420 e. The number of non-ortho nitro benzene ring substituents is 1. The highest BCUT2D eigenvalue weighted by Crippen LogP contribution is 2.22. The molecule has 1 amide bonds. The van der Waals surface area contributed by atoms with Gasteiger partial charge in [-0.05, 0) is 18.4 Å². The van der Waals surface area contributed by atoms with Crippen molar-refractivity contribution in [3.05, 3.63) is 59.7 Å². The van der Waals surface area contributed by atoms with Crippen LogP contribution in [-0.4, -0.2) is 45.2 Å². The summed E-state index contributed by atoms with van der Waals surface area (Å²) in [7, 11) is 1.48. The molecule has 0 unspecified atom stereocenters. The summed E-state index contributed by atoms with van der Waals surface area (Å²) < 4.78 is 12.3. The molecule has 0 aliphatic rings. The second-order valence-corrected chi connectivity index (χ2v) is 8.25. The van der Waals surface area contributed by atoms with Crippen LogP contribution >= 0.6 is 0 Å². The Labute approximate surface area is 197 Å². The normalized spacial score (nSPS) is 11.3. The molecule has 2 heterocycles. The van der Waals surface area contributed by atoms with E-state index in [2.05, 4.69) is 4.98 Å². The number of carbonyl (C=O) groups is 1. The van der Waals surface area contributed by atoms with E-state index in [9.17, 15) is 29.3 Å². The third-order valence-corrected chi connectivity index (χ3v) is 5.22. The van der Waals surface area contributed by atoms with Gasteiger partial charge in [0.05, 0.1) is 16.5 Å². The molecular weight excluding hydrogens is 464 g/mol. The summed E-state index contributed by atoms with van der Waals surface area (Å²) in [6.45, 7) is 3.66. The van der Waals surface area contributed by atoms with E-state index >= 15 is 0 Å². The molecule has 0 saturated heterocycles. The van der Waals surface area contributed by atoms with Crippen molar-refractivity contribution in [2.24, 2.45) is 5.92 Å². The number of rotatable bonds is 10. The van der Waals surface area contributed by atoms with Gasteiger partial charge in [-0.15, -0.1) is 0 Å². The molecule has 0 aliphatic heterocycles. The van der Waals surface area contributed by atoms with E-state index < -0.39 is 34.4 Å². The van der Waals surface area contributed by atoms with E-state index in [-0.39, 0.29) is 53.9 Å². The van der Waals surface area contributed by atoms with Crippen LogP contribution in [0.4, 0.5) is 17.2 Å². The molecule has 188 valence electrons. The number of methoxy groups -OCH3 is 1. The van der Waals surface area contributed by atoms with Crippen molar-refractivity contribution in [3.63, 3.8) is 0 Å². The van der Waals surface area contributed by atoms with Gasteiger partial charge in [-0.2, -0.15) is 0 Å². The number of anilines is 2. The molecule has 0 fully saturated rings. The topological polar surface area (TPSA) is 189 Å². The SMILES string of the molecule is COCCCN(C(=O)Cn1c(=O)oc2cc([N+](=O)[O-])ccc21)c1c(N)n(CC(C)C)c(=O)[nH]c1=O. The number of nitrogens with zero attached hydrogens (tertiary/aromatic N) is 4. The summed E-state index contributed by atoms with van der Waals surface area (Å²) in [6.07, 6.45) is 0.331. The van der Waals surface area contributed by atoms with Crippen molar-refractivity contribution < 1.29 is 18.9 Å². The molecule has 2 aromatic heterocycles. The Bertz CT molecular complexity index is 1430. The van der Waals surface area contributed by atoms with E-state index in [1.807, 2.05) is 13.8 Å². The summed E-state index contributed by atoms with van der Waals surface area (Å²) in [6, 6.07) is 3.56. The molecule has 3 rings (SSSR count). The van der Waals surface area contributed by atoms with Gasteiger partial charge in [0.25, 0.3) is 11.2 Å². The molecule has 14 nitrogen and oxygen atoms in total. The number of hydrogen-bond donors (Lipinski definition) is 2. The Morgan fingerprint density at radius 2 is 2.00 bits per heavy atom. The van der Waals surface area contributed by atoms with E-state index in [0.29, 0.717) is 6.42 Å². The number of nitro groups is 1. The van der Waals surface area contributed by atoms with Gasteiger partial charge in [-0.3, -0.25) is 33.8 Å². The molecule has 1 aromatic carbocycles. The zero-order chi connectivity index (χ0) is 25.9. The molecular formula is C21H26N6O8. The van der Waals surface area contributed by atoms with Crippen molar-refractivity contribution >= 4 is 34.2 Å². The summed E-state index contributed by atoms with van der Waals surface area (Å²) in [5, 5.41) is 11.0. The van der Waals surface area contributed by atoms with Gasteiger partial charge in [0.15, 0.2) is 11.3 Å². The minimum absolute atomic E-state index is 0.00976. The number of fused-ring (bicyclic) bond motifs is 1. The molecule has 0 atom stereocenters. The Morgan fingerprint density at radius 1 is 1.29 bits per heavy atom. The first-order chi connectivity index (χ1) is 16.5. The van der Waals surface area contributed by atoms with Gasteiger partial charge >= 0.3 is 11.4 Å². The average Bonchev–Trinajstić information content (AvgIpc) is 3.09. The Hall–Kier alpha value is -4.20. The maximum Gasteiger partial charge on any atom is 0.420 e. The molecule has 0 saturated carbocycles. The van der Waals surface area contributed by atoms with Gasteiger partial charge in [-0.25, -0.2) is 9.59 Å². The first-order valence-corrected chi connectivity index (χ1v) is 10.7. The Kier molecular flexibility index (Phi) is 7.54. The molecule has 0 aliphatic carbocycles. The summed E-state index contributed by atoms with van der Waals surface area (Å²) in [5.74, 6) is -1.75. The standard InChI is InChI=1S/C21H26N6O8/c1-12(2)10-26-18(22)17(19(29)23-20(26)30)24(7-4-8-34-3)16(28)11-25-14-6-5-13(27(32)33)9-15(14)35-21(25)31/h5-6,9,12H,4,7-8,10-11,22H2,1-3H3,(H,23,29,30). The lowest BCUT2D eigenvalue weighted by Crippen LogP contribution is -2.43. The van der Waals surface area contributed by atoms with Crippen molar-refractivity contribution in [1.29, 1.82) is 0 Å². The number of benzene rings is 1. The van der Waals surface area contributed by atoms with Crippen LogP contribution in [-0.2, 0) is 22.6 Å². The monoisotopic (exact) mass is 490 g/mol. The van der Waals surface area contributed by atoms with Gasteiger partial charge in [-0.1, -0.05) is 13.8 Å². The van der Waals surface area contributed by atoms with Gasteiger partial charge in [0.2, 0.25) is 5.91 Å². The molecule has 35 heavy (non-hydrogen) atoms. The summed E-state index contributed by atoms with van der Waals surface area (Å²) >= 11 is 0. The van der Waals surface area contributed by atoms with Gasteiger partial charge in [0.1, 0.15) is 12.4 Å². The highest BCUT2D eigenvalue weighted by molar-refractivity contribution is 5.96. The minimum Gasteiger partial charge on any atom is -0.407 e. The molecule has 0 bridgehead atoms. The molecule has 0 spiro atoms. The maximum atomic E-state index is 13.4. The van der Waals surface area contributed by atoms with Crippen LogP contribution in [0.15, 0.2) is 37.0 Å². The number of nitrogens with two attached hydrogens (primary N) is 1. The second-order valence-electron chi connectivity index (χ2n) is 8.25. The fourth-order valence-electron chi connectivity index (χ4n) is 3.65. The number of nitro benzene ring substituents is 1. The van der Waals surface area contributed by atoms with Crippen LogP contribution in [0.2, 0.25) is 0 Å². The number of H-pyrrole nitrogens is 1. The number of nitrogens with one attached hydrogen (secondary N) is 1. The lowest BCUT2D eigenvalue weighted by molar-refractivity contribution is -0.384. The van der Waals surface area contributed by atoms with Gasteiger partial charge in [0, 0.05) is 32.9 Å². The fraction of sp³-hybridized carbons (Fsp3) is 0.429. The molecule has 3 N–H and O–H groups in total. The van der Waals surface area contributed by atoms with Crippen molar-refractivity contribution in [1.82, 2.24) is 14.1 Å². The second kappa shape index (κ2) is 10.4. The van der Waals surface area contributed by atoms with E-state index in [4.69, 9.17) is 14.9 Å². The third-order valence-electron chi connectivity index (χ3n) is 5.22. The average molecular weight is 490 g/mol. The van der Waals surface area contributed by atoms with Crippen LogP contribution in [0.1, 0.15) is 20.3 Å². The van der Waals surface area contributed by atoms with E-state index in [1.165, 1.54) is 23.8 Å². The zero-order valence-corrected chi connectivity index (χ0v) is 19.5. The lowest BCUT2D eigenvalue weighted by Gasteiger charge is -2.25. The number of amides is 1. The van der Waals surface area contributed by atoms with Crippen LogP contribution in [0.25, 0.3) is 11.1 Å². The minimum atomic E-state index is -0.905. The van der Waals surface area contributed by atoms with E-state index in [0.717, 1.165) is 15.5 Å². The predicted molar refractivity (Wildman–Crippen MR) is 127 cm³/mol. The number of ether oxygens (including phenoxy) is 1. The smallest absolute Gasteiger partial charge is 0.407 e. The Balaban J connectivity index is 2.06. The van der Waals surface area contributed by atoms with Crippen LogP contribution in [0.3, 0.4) is 0 Å². The predicted octanol–water partition coefficient (Wildman–Crippen LogP) is 0.661. The number of hydrogen-bond acceptors (Lipinski definition) is 9. The van der Waals surface area contributed by atoms with Crippen LogP contribution in [0.5, 0.6) is 0 Å². The van der Waals surface area contributed by atoms with Crippen LogP contribution in [0, 0.1) is 16.0 Å². The molecule has 3 aromatic rings. The number of carbonyl (C=O) groups excluding carboxylic acids is 1. The third kappa shape index (κ3) is 5.32. The van der Waals surface area contributed by atoms with E-state index in [1.54, 1.807) is 0 Å². The summed E-state index contributed by atoms with van der Waals surface area (Å²) in [5.41, 5.74) is 4.23. The number of aromatic amines is 1. The molecule has 14 heteroatoms. The first kappa shape index (κ1) is 25.4. The quantitative estimate of drug-likeness (QED) is 0.234. The van der Waals surface area contributed by atoms with Gasteiger partial charge < -0.3 is 19.8 Å². The van der Waals surface area contributed by atoms with Crippen LogP contribution < -0.4 is 27.6 Å². The summed E-state index contributed by atoms with van der Waals surface area (Å²) in [4.78, 5) is 64.5. The lowest BCUT2D eigenvalue weighted by atomic mass is 10.2. The zero-order valence-electron chi connectivity index (χ0n) is 19.5. The Morgan fingerprint density at radius 3 is 2.63 bits per heavy atom. The van der Waals surface area contributed by atoms with Crippen molar-refractivity contribution in [2.75, 3.05) is 30.9 Å². The first-order valence-electron chi connectivity index (χ1n) is 10.7. The highest BCUT2D eigenvalue weighted by atomic mass is 16.6. The maximum absolute atomic E-state index is 13.4. The fourth-order valence-corrected chi connectivity index (χ4v) is 3.65. The number of oxazole rings is 1. The number of nitrogen functional groups attached to an aromatic ring is 1. The van der Waals surface area contributed by atoms with Crippen molar-refractivity contribution in [2.45, 2.75) is 33.4 Å². The van der Waals surface area contributed by atoms with Crippen molar-refractivity contribution in [3.8, 4) is 0 Å². The highest BCUT2D eigenvalue weighted by Gasteiger charge is 2.26.